The number of likely N-dealkylation sites (tertiary alicyclic amines) is 2. The Balaban J connectivity index is 1.05. The normalized spacial score (nSPS) is 21.0. The van der Waals surface area contributed by atoms with Crippen LogP contribution >= 0.6 is 23.1 Å². The van der Waals surface area contributed by atoms with Gasteiger partial charge in [0.25, 0.3) is 5.91 Å². The third-order valence-electron chi connectivity index (χ3n) is 11.1. The number of hydrogen-bond donors (Lipinski definition) is 4. The predicted molar refractivity (Wildman–Crippen MR) is 219 cm³/mol. The number of nitrogens with two attached hydrogens (primary N) is 1. The zero-order chi connectivity index (χ0) is 40.0. The minimum absolute atomic E-state index is 0.0552. The molecule has 5 N–H and O–H groups in total. The first-order chi connectivity index (χ1) is 26.7. The lowest BCUT2D eigenvalue weighted by atomic mass is 9.85. The second-order valence-corrected chi connectivity index (χ2v) is 18.7. The average Bonchev–Trinajstić information content (AvgIpc) is 3.59. The number of aryl methyl sites for hydroxylation is 1. The van der Waals surface area contributed by atoms with Crippen molar-refractivity contribution in [3.05, 3.63) is 65.3 Å². The molecule has 2 saturated heterocycles. The van der Waals surface area contributed by atoms with Gasteiger partial charge in [-0.05, 0) is 93.8 Å². The third-order valence-corrected chi connectivity index (χ3v) is 13.3. The van der Waals surface area contributed by atoms with Gasteiger partial charge < -0.3 is 36.0 Å². The number of β-amino-alcohol motifs (C(OH)–C–C–N with tert-alkyl or cyclic N) is 1. The fourth-order valence-electron chi connectivity index (χ4n) is 7.31. The number of ether oxygens (including phenoxy) is 1. The molecule has 11 nitrogen and oxygen atoms in total. The summed E-state index contributed by atoms with van der Waals surface area (Å²) >= 11 is 3.37. The zero-order valence-electron chi connectivity index (χ0n) is 33.0. The van der Waals surface area contributed by atoms with E-state index in [1.807, 2.05) is 36.7 Å². The van der Waals surface area contributed by atoms with Crippen molar-refractivity contribution >= 4 is 40.8 Å². The molecule has 2 aromatic carbocycles. The monoisotopic (exact) mass is 808 g/mol. The lowest BCUT2D eigenvalue weighted by Crippen LogP contribution is -2.59. The van der Waals surface area contributed by atoms with Crippen LogP contribution in [0.1, 0.15) is 70.6 Å². The van der Waals surface area contributed by atoms with Gasteiger partial charge in [0.15, 0.2) is 5.67 Å². The number of halogens is 1. The van der Waals surface area contributed by atoms with Crippen molar-refractivity contribution in [3.8, 4) is 16.2 Å². The van der Waals surface area contributed by atoms with E-state index in [2.05, 4.69) is 44.8 Å². The molecular formula is C42H57FN6O5S2. The van der Waals surface area contributed by atoms with Crippen LogP contribution in [-0.4, -0.2) is 106 Å². The number of rotatable bonds is 16. The maximum absolute atomic E-state index is 14.6. The fraction of sp³-hybridized carbons (Fsp3) is 0.571. The first-order valence-corrected chi connectivity index (χ1v) is 21.6. The minimum atomic E-state index is -1.95. The summed E-state index contributed by atoms with van der Waals surface area (Å²) in [6, 6.07) is 14.4. The number of thioether (sulfide) groups is 1. The van der Waals surface area contributed by atoms with Crippen molar-refractivity contribution in [2.45, 2.75) is 108 Å². The van der Waals surface area contributed by atoms with E-state index in [0.29, 0.717) is 18.3 Å². The molecule has 0 unspecified atom stereocenters. The van der Waals surface area contributed by atoms with Crippen LogP contribution < -0.4 is 21.1 Å². The standard InChI is InChI=1S/C42H57FN6O5S2/c1-27-36(56-26-46-27)29-10-11-30(35(20-29)54-24-28-12-17-48(18-13-28)19-14-31(44)25-55-33-8-6-5-7-9-33)22-45-38(51)34-21-32(50)23-49(34)39(52)37(41(2,3)4)47-40(53)42(43)15-16-42/h5-11,20,26,28,31-32,34,37,50H,12-19,21-25,44H2,1-4H3,(H,45,51)(H,47,53)/t31-,32-,34+,37-/m1/s1. The number of aliphatic hydroxyl groups is 1. The highest BCUT2D eigenvalue weighted by Gasteiger charge is 2.53. The topological polar surface area (TPSA) is 150 Å². The highest BCUT2D eigenvalue weighted by atomic mass is 32.2. The Morgan fingerprint density at radius 3 is 2.54 bits per heavy atom. The fourth-order valence-corrected chi connectivity index (χ4v) is 9.03. The number of carbonyl (C=O) groups is 3. The number of thiazole rings is 1. The Bertz CT molecular complexity index is 1810. The molecule has 304 valence electrons. The second kappa shape index (κ2) is 18.4. The molecule has 56 heavy (non-hydrogen) atoms. The van der Waals surface area contributed by atoms with Crippen molar-refractivity contribution in [2.24, 2.45) is 17.1 Å². The van der Waals surface area contributed by atoms with Crippen LogP contribution in [0, 0.1) is 18.3 Å². The van der Waals surface area contributed by atoms with Crippen molar-refractivity contribution in [3.63, 3.8) is 0 Å². The Hall–Kier alpha value is -3.56. The number of alkyl halides is 1. The summed E-state index contributed by atoms with van der Waals surface area (Å²) in [6.45, 7) is 10.9. The molecule has 14 heteroatoms. The molecule has 3 fully saturated rings. The number of amides is 3. The Kier molecular flexibility index (Phi) is 13.8. The smallest absolute Gasteiger partial charge is 0.258 e. The molecule has 6 rings (SSSR count). The first kappa shape index (κ1) is 42.1. The second-order valence-electron chi connectivity index (χ2n) is 16.7. The van der Waals surface area contributed by atoms with Gasteiger partial charge in [0, 0.05) is 41.8 Å². The maximum atomic E-state index is 14.6. The molecule has 0 radical (unpaired) electrons. The summed E-state index contributed by atoms with van der Waals surface area (Å²) in [7, 11) is 0. The largest absolute Gasteiger partial charge is 0.493 e. The summed E-state index contributed by atoms with van der Waals surface area (Å²) in [5, 5.41) is 16.2. The quantitative estimate of drug-likeness (QED) is 0.141. The molecule has 2 aliphatic heterocycles. The van der Waals surface area contributed by atoms with Crippen LogP contribution in [0.2, 0.25) is 0 Å². The number of aromatic nitrogens is 1. The van der Waals surface area contributed by atoms with Gasteiger partial charge in [-0.1, -0.05) is 51.1 Å². The van der Waals surface area contributed by atoms with E-state index in [0.717, 1.165) is 66.3 Å². The summed E-state index contributed by atoms with van der Waals surface area (Å²) in [4.78, 5) is 50.9. The molecule has 1 aliphatic carbocycles. The van der Waals surface area contributed by atoms with Gasteiger partial charge in [0.1, 0.15) is 17.8 Å². The Morgan fingerprint density at radius 1 is 1.14 bits per heavy atom. The summed E-state index contributed by atoms with van der Waals surface area (Å²) in [6.07, 6.45) is 2.38. The number of piperidine rings is 1. The number of benzene rings is 2. The van der Waals surface area contributed by atoms with Gasteiger partial charge in [-0.15, -0.1) is 23.1 Å². The molecule has 3 aromatic rings. The molecule has 3 aliphatic rings. The maximum Gasteiger partial charge on any atom is 0.258 e. The average molecular weight is 809 g/mol. The van der Waals surface area contributed by atoms with Crippen LogP contribution in [0.5, 0.6) is 5.75 Å². The summed E-state index contributed by atoms with van der Waals surface area (Å²) < 4.78 is 21.2. The van der Waals surface area contributed by atoms with Gasteiger partial charge in [-0.25, -0.2) is 9.37 Å². The van der Waals surface area contributed by atoms with E-state index in [-0.39, 0.29) is 38.4 Å². The molecule has 0 spiro atoms. The van der Waals surface area contributed by atoms with E-state index in [1.165, 1.54) is 9.80 Å². The van der Waals surface area contributed by atoms with Gasteiger partial charge in [0.05, 0.1) is 28.8 Å². The van der Waals surface area contributed by atoms with E-state index in [4.69, 9.17) is 10.5 Å². The predicted octanol–water partition coefficient (Wildman–Crippen LogP) is 5.33. The number of carbonyl (C=O) groups excluding carboxylic acids is 3. The van der Waals surface area contributed by atoms with E-state index >= 15 is 0 Å². The molecule has 3 heterocycles. The van der Waals surface area contributed by atoms with Crippen LogP contribution in [0.25, 0.3) is 10.4 Å². The third kappa shape index (κ3) is 10.9. The molecular weight excluding hydrogens is 752 g/mol. The Labute approximate surface area is 338 Å². The molecule has 1 saturated carbocycles. The lowest BCUT2D eigenvalue weighted by Gasteiger charge is -2.35. The summed E-state index contributed by atoms with van der Waals surface area (Å²) in [5.74, 6) is 0.210. The van der Waals surface area contributed by atoms with Gasteiger partial charge >= 0.3 is 0 Å². The van der Waals surface area contributed by atoms with E-state index < -0.39 is 47.0 Å². The van der Waals surface area contributed by atoms with Gasteiger partial charge in [0.2, 0.25) is 11.8 Å². The summed E-state index contributed by atoms with van der Waals surface area (Å²) in [5.41, 5.74) is 8.28. The first-order valence-electron chi connectivity index (χ1n) is 19.8. The van der Waals surface area contributed by atoms with Crippen molar-refractivity contribution in [2.75, 3.05) is 38.5 Å². The molecule has 0 bridgehead atoms. The van der Waals surface area contributed by atoms with Crippen LogP contribution in [0.4, 0.5) is 4.39 Å². The zero-order valence-corrected chi connectivity index (χ0v) is 34.6. The van der Waals surface area contributed by atoms with Gasteiger partial charge in [-0.3, -0.25) is 14.4 Å². The molecule has 4 atom stereocenters. The van der Waals surface area contributed by atoms with E-state index in [1.54, 1.807) is 43.9 Å². The highest BCUT2D eigenvalue weighted by Crippen LogP contribution is 2.40. The van der Waals surface area contributed by atoms with Crippen LogP contribution in [0.3, 0.4) is 0 Å². The van der Waals surface area contributed by atoms with Crippen LogP contribution in [-0.2, 0) is 20.9 Å². The number of aliphatic hydroxyl groups excluding tert-OH is 1. The van der Waals surface area contributed by atoms with E-state index in [9.17, 15) is 23.9 Å². The molecule has 3 amide bonds. The number of nitrogens with one attached hydrogen (secondary N) is 2. The minimum Gasteiger partial charge on any atom is -0.493 e. The number of nitrogens with zero attached hydrogens (tertiary/aromatic N) is 3. The van der Waals surface area contributed by atoms with Crippen LogP contribution in [0.15, 0.2) is 58.9 Å². The highest BCUT2D eigenvalue weighted by molar-refractivity contribution is 7.99. The van der Waals surface area contributed by atoms with Crippen molar-refractivity contribution < 1.29 is 28.6 Å². The van der Waals surface area contributed by atoms with Crippen molar-refractivity contribution in [1.82, 2.24) is 25.4 Å². The van der Waals surface area contributed by atoms with Gasteiger partial charge in [-0.2, -0.15) is 0 Å². The molecule has 1 aromatic heterocycles. The van der Waals surface area contributed by atoms with Crippen molar-refractivity contribution in [1.29, 1.82) is 0 Å². The SMILES string of the molecule is Cc1ncsc1-c1ccc(CNC(=O)[C@@H]2C[C@@H](O)CN2C(=O)[C@@H](NC(=O)C2(F)CC2)C(C)(C)C)c(OCC2CCN(CC[C@@H](N)CSc3ccccc3)CC2)c1. The Morgan fingerprint density at radius 2 is 1.88 bits per heavy atom. The number of hydrogen-bond acceptors (Lipinski definition) is 10. The lowest BCUT2D eigenvalue weighted by molar-refractivity contribution is -0.145.